The topological polar surface area (TPSA) is 72.5 Å². The van der Waals surface area contributed by atoms with Gasteiger partial charge in [-0.3, -0.25) is 4.57 Å². The molecule has 0 radical (unpaired) electrons. The zero-order chi connectivity index (χ0) is 14.4. The van der Waals surface area contributed by atoms with Gasteiger partial charge >= 0.3 is 0 Å². The SMILES string of the molecule is NCCc1ccc(OCC2([PH](=O)O)CCCCC2)cc1. The Morgan fingerprint density at radius 2 is 1.85 bits per heavy atom. The number of hydrogen-bond donors (Lipinski definition) is 2. The van der Waals surface area contributed by atoms with Gasteiger partial charge in [-0.25, -0.2) is 0 Å². The summed E-state index contributed by atoms with van der Waals surface area (Å²) < 4.78 is 17.5. The fourth-order valence-electron chi connectivity index (χ4n) is 2.79. The van der Waals surface area contributed by atoms with E-state index in [9.17, 15) is 9.46 Å². The first-order valence-electron chi connectivity index (χ1n) is 7.31. The second kappa shape index (κ2) is 7.26. The quantitative estimate of drug-likeness (QED) is 0.792. The van der Waals surface area contributed by atoms with Gasteiger partial charge in [-0.15, -0.1) is 0 Å². The van der Waals surface area contributed by atoms with Crippen LogP contribution in [-0.4, -0.2) is 23.2 Å². The number of benzene rings is 1. The average Bonchev–Trinajstić information content (AvgIpc) is 2.48. The first kappa shape index (κ1) is 15.6. The molecule has 0 amide bonds. The lowest BCUT2D eigenvalue weighted by atomic mass is 9.89. The summed E-state index contributed by atoms with van der Waals surface area (Å²) in [5.41, 5.74) is 6.70. The summed E-state index contributed by atoms with van der Waals surface area (Å²) in [7, 11) is -2.57. The number of hydrogen-bond acceptors (Lipinski definition) is 3. The summed E-state index contributed by atoms with van der Waals surface area (Å²) in [4.78, 5) is 9.67. The highest BCUT2D eigenvalue weighted by molar-refractivity contribution is 7.40. The van der Waals surface area contributed by atoms with Crippen LogP contribution in [0.25, 0.3) is 0 Å². The fraction of sp³-hybridized carbons (Fsp3) is 0.600. The molecule has 1 atom stereocenters. The van der Waals surface area contributed by atoms with E-state index in [0.29, 0.717) is 13.2 Å². The standard InChI is InChI=1S/C15H24NO3P/c16-11-8-13-4-6-14(7-5-13)19-12-15(20(17)18)9-2-1-3-10-15/h4-7,20H,1-3,8-12,16H2,(H,17,18). The molecule has 0 heterocycles. The smallest absolute Gasteiger partial charge is 0.198 e. The van der Waals surface area contributed by atoms with Gasteiger partial charge < -0.3 is 15.4 Å². The lowest BCUT2D eigenvalue weighted by Gasteiger charge is -2.34. The van der Waals surface area contributed by atoms with Gasteiger partial charge in [0, 0.05) is 0 Å². The van der Waals surface area contributed by atoms with Gasteiger partial charge in [0.25, 0.3) is 0 Å². The highest BCUT2D eigenvalue weighted by atomic mass is 31.1. The van der Waals surface area contributed by atoms with Gasteiger partial charge in [0.2, 0.25) is 0 Å². The molecule has 0 bridgehead atoms. The van der Waals surface area contributed by atoms with Crippen molar-refractivity contribution in [2.75, 3.05) is 13.2 Å². The van der Waals surface area contributed by atoms with E-state index in [0.717, 1.165) is 44.3 Å². The van der Waals surface area contributed by atoms with Gasteiger partial charge in [0.05, 0.1) is 5.16 Å². The molecule has 1 aromatic carbocycles. The molecule has 2 rings (SSSR count). The second-order valence-corrected chi connectivity index (χ2v) is 7.29. The van der Waals surface area contributed by atoms with Crippen molar-refractivity contribution in [3.05, 3.63) is 29.8 Å². The molecule has 1 unspecified atom stereocenters. The van der Waals surface area contributed by atoms with E-state index < -0.39 is 13.2 Å². The molecule has 1 aliphatic carbocycles. The van der Waals surface area contributed by atoms with Crippen molar-refractivity contribution in [3.63, 3.8) is 0 Å². The zero-order valence-electron chi connectivity index (χ0n) is 11.8. The van der Waals surface area contributed by atoms with Crippen LogP contribution in [-0.2, 0) is 11.0 Å². The predicted molar refractivity (Wildman–Crippen MR) is 81.7 cm³/mol. The normalized spacial score (nSPS) is 19.5. The second-order valence-electron chi connectivity index (χ2n) is 5.62. The molecule has 4 nitrogen and oxygen atoms in total. The molecule has 1 fully saturated rings. The average molecular weight is 297 g/mol. The summed E-state index contributed by atoms with van der Waals surface area (Å²) >= 11 is 0. The van der Waals surface area contributed by atoms with Gasteiger partial charge in [-0.2, -0.15) is 0 Å². The summed E-state index contributed by atoms with van der Waals surface area (Å²) in [6.07, 6.45) is 5.66. The molecule has 0 aliphatic heterocycles. The van der Waals surface area contributed by atoms with E-state index in [2.05, 4.69) is 0 Å². The van der Waals surface area contributed by atoms with Crippen molar-refractivity contribution in [3.8, 4) is 5.75 Å². The molecule has 1 saturated carbocycles. The Morgan fingerprint density at radius 3 is 2.40 bits per heavy atom. The lowest BCUT2D eigenvalue weighted by molar-refractivity contribution is 0.217. The van der Waals surface area contributed by atoms with Crippen LogP contribution in [0.5, 0.6) is 5.75 Å². The molecule has 0 spiro atoms. The third-order valence-electron chi connectivity index (χ3n) is 4.14. The molecule has 5 heteroatoms. The molecule has 0 aromatic heterocycles. The van der Waals surface area contributed by atoms with Crippen LogP contribution in [0, 0.1) is 0 Å². The number of rotatable bonds is 6. The molecule has 20 heavy (non-hydrogen) atoms. The van der Waals surface area contributed by atoms with E-state index in [1.807, 2.05) is 24.3 Å². The summed E-state index contributed by atoms with van der Waals surface area (Å²) in [6.45, 7) is 0.979. The van der Waals surface area contributed by atoms with Gasteiger partial charge in [-0.1, -0.05) is 31.4 Å². The van der Waals surface area contributed by atoms with Crippen LogP contribution in [0.3, 0.4) is 0 Å². The first-order valence-corrected chi connectivity index (χ1v) is 8.67. The van der Waals surface area contributed by atoms with E-state index in [4.69, 9.17) is 10.5 Å². The maximum Gasteiger partial charge on any atom is 0.198 e. The van der Waals surface area contributed by atoms with Crippen molar-refractivity contribution in [2.45, 2.75) is 43.7 Å². The minimum absolute atomic E-state index is 0.345. The van der Waals surface area contributed by atoms with Crippen LogP contribution < -0.4 is 10.5 Å². The van der Waals surface area contributed by atoms with Crippen LogP contribution in [0.15, 0.2) is 24.3 Å². The van der Waals surface area contributed by atoms with Crippen LogP contribution in [0.1, 0.15) is 37.7 Å². The third kappa shape index (κ3) is 3.85. The Bertz CT molecular complexity index is 441. The summed E-state index contributed by atoms with van der Waals surface area (Å²) in [6, 6.07) is 7.82. The molecule has 112 valence electrons. The minimum Gasteiger partial charge on any atom is -0.492 e. The maximum atomic E-state index is 11.7. The Balaban J connectivity index is 1.97. The van der Waals surface area contributed by atoms with Crippen LogP contribution >= 0.6 is 8.03 Å². The molecular formula is C15H24NO3P. The molecule has 0 saturated heterocycles. The van der Waals surface area contributed by atoms with Crippen LogP contribution in [0.4, 0.5) is 0 Å². The summed E-state index contributed by atoms with van der Waals surface area (Å²) in [5, 5.41) is -0.515. The zero-order valence-corrected chi connectivity index (χ0v) is 12.8. The van der Waals surface area contributed by atoms with E-state index >= 15 is 0 Å². The Kier molecular flexibility index (Phi) is 5.64. The van der Waals surface area contributed by atoms with Crippen molar-refractivity contribution in [1.29, 1.82) is 0 Å². The Hall–Kier alpha value is -0.830. The number of ether oxygens (including phenoxy) is 1. The lowest BCUT2D eigenvalue weighted by Crippen LogP contribution is -2.34. The predicted octanol–water partition coefficient (Wildman–Crippen LogP) is 2.74. The molecular weight excluding hydrogens is 273 g/mol. The van der Waals surface area contributed by atoms with Crippen molar-refractivity contribution in [1.82, 2.24) is 0 Å². The molecule has 1 aliphatic rings. The Morgan fingerprint density at radius 1 is 1.20 bits per heavy atom. The molecule has 3 N–H and O–H groups in total. The maximum absolute atomic E-state index is 11.7. The van der Waals surface area contributed by atoms with Gasteiger partial charge in [0.1, 0.15) is 12.4 Å². The highest BCUT2D eigenvalue weighted by Gasteiger charge is 2.38. The largest absolute Gasteiger partial charge is 0.492 e. The minimum atomic E-state index is -2.57. The van der Waals surface area contributed by atoms with E-state index in [1.165, 1.54) is 5.56 Å². The molecule has 1 aromatic rings. The summed E-state index contributed by atoms with van der Waals surface area (Å²) in [5.74, 6) is 0.763. The monoisotopic (exact) mass is 297 g/mol. The highest BCUT2D eigenvalue weighted by Crippen LogP contribution is 2.46. The van der Waals surface area contributed by atoms with Crippen molar-refractivity contribution in [2.24, 2.45) is 5.73 Å². The Labute approximate surface area is 121 Å². The first-order chi connectivity index (χ1) is 9.66. The van der Waals surface area contributed by atoms with Gasteiger partial charge in [0.15, 0.2) is 8.03 Å². The van der Waals surface area contributed by atoms with E-state index in [1.54, 1.807) is 0 Å². The number of nitrogens with two attached hydrogens (primary N) is 1. The van der Waals surface area contributed by atoms with Crippen molar-refractivity contribution < 1.29 is 14.2 Å². The van der Waals surface area contributed by atoms with Crippen molar-refractivity contribution >= 4 is 8.03 Å². The third-order valence-corrected chi connectivity index (χ3v) is 5.69. The van der Waals surface area contributed by atoms with E-state index in [-0.39, 0.29) is 0 Å². The van der Waals surface area contributed by atoms with Crippen LogP contribution in [0.2, 0.25) is 0 Å². The fourth-order valence-corrected chi connectivity index (χ4v) is 3.77. The van der Waals surface area contributed by atoms with Gasteiger partial charge in [-0.05, 0) is 43.5 Å².